The number of carbonyl (C=O) groups excluding carboxylic acids is 1. The summed E-state index contributed by atoms with van der Waals surface area (Å²) < 4.78 is 2.61. The van der Waals surface area contributed by atoms with Crippen LogP contribution in [0.5, 0.6) is 0 Å². The SMILES string of the molecule is Cc1cccc(C)c1NC(=O)c1nc(-c2ccc(Cl)cc2)n(-c2ccc(Br)cc2)n1. The maximum Gasteiger partial charge on any atom is 0.295 e. The molecule has 0 saturated heterocycles. The van der Waals surface area contributed by atoms with Crippen LogP contribution in [0.4, 0.5) is 5.69 Å². The van der Waals surface area contributed by atoms with Gasteiger partial charge < -0.3 is 5.32 Å². The summed E-state index contributed by atoms with van der Waals surface area (Å²) in [6.45, 7) is 3.91. The fourth-order valence-electron chi connectivity index (χ4n) is 3.14. The summed E-state index contributed by atoms with van der Waals surface area (Å²) in [5.74, 6) is 0.282. The Balaban J connectivity index is 1.77. The number of hydrogen-bond donors (Lipinski definition) is 1. The molecule has 0 unspecified atom stereocenters. The highest BCUT2D eigenvalue weighted by atomic mass is 79.9. The molecule has 0 saturated carbocycles. The maximum atomic E-state index is 13.0. The Hall–Kier alpha value is -2.96. The number of nitrogens with zero attached hydrogens (tertiary/aromatic N) is 3. The summed E-state index contributed by atoms with van der Waals surface area (Å²) in [5, 5.41) is 8.09. The minimum Gasteiger partial charge on any atom is -0.319 e. The van der Waals surface area contributed by atoms with Crippen molar-refractivity contribution in [2.24, 2.45) is 0 Å². The van der Waals surface area contributed by atoms with Crippen LogP contribution in [-0.4, -0.2) is 20.7 Å². The van der Waals surface area contributed by atoms with Crippen molar-refractivity contribution in [1.29, 1.82) is 0 Å². The molecule has 30 heavy (non-hydrogen) atoms. The van der Waals surface area contributed by atoms with Crippen LogP contribution in [0.15, 0.2) is 71.2 Å². The van der Waals surface area contributed by atoms with Crippen LogP contribution in [0.2, 0.25) is 5.02 Å². The first-order chi connectivity index (χ1) is 14.4. The molecular formula is C23H18BrClN4O. The second-order valence-corrected chi connectivity index (χ2v) is 8.23. The molecule has 0 bridgehead atoms. The molecular weight excluding hydrogens is 464 g/mol. The van der Waals surface area contributed by atoms with E-state index in [9.17, 15) is 4.79 Å². The number of carbonyl (C=O) groups is 1. The number of anilines is 1. The third-order valence-corrected chi connectivity index (χ3v) is 5.48. The van der Waals surface area contributed by atoms with Crippen LogP contribution in [0.1, 0.15) is 21.7 Å². The number of benzene rings is 3. The molecule has 4 aromatic rings. The van der Waals surface area contributed by atoms with Crippen LogP contribution < -0.4 is 5.32 Å². The molecule has 7 heteroatoms. The van der Waals surface area contributed by atoms with Gasteiger partial charge in [0.15, 0.2) is 5.82 Å². The third-order valence-electron chi connectivity index (χ3n) is 4.70. The fraction of sp³-hybridized carbons (Fsp3) is 0.0870. The van der Waals surface area contributed by atoms with Crippen LogP contribution >= 0.6 is 27.5 Å². The maximum absolute atomic E-state index is 13.0. The van der Waals surface area contributed by atoms with Gasteiger partial charge in [-0.25, -0.2) is 9.67 Å². The van der Waals surface area contributed by atoms with Crippen molar-refractivity contribution in [2.75, 3.05) is 5.32 Å². The first-order valence-corrected chi connectivity index (χ1v) is 10.5. The lowest BCUT2D eigenvalue weighted by Gasteiger charge is -2.09. The van der Waals surface area contributed by atoms with E-state index in [1.807, 2.05) is 68.4 Å². The molecule has 0 atom stereocenters. The number of hydrogen-bond acceptors (Lipinski definition) is 3. The van der Waals surface area contributed by atoms with Gasteiger partial charge >= 0.3 is 0 Å². The van der Waals surface area contributed by atoms with E-state index >= 15 is 0 Å². The summed E-state index contributed by atoms with van der Waals surface area (Å²) in [4.78, 5) is 17.5. The average molecular weight is 482 g/mol. The van der Waals surface area contributed by atoms with Crippen molar-refractivity contribution in [3.8, 4) is 17.1 Å². The van der Waals surface area contributed by atoms with E-state index in [0.29, 0.717) is 10.8 Å². The van der Waals surface area contributed by atoms with Crippen molar-refractivity contribution < 1.29 is 4.79 Å². The van der Waals surface area contributed by atoms with Crippen LogP contribution in [0, 0.1) is 13.8 Å². The lowest BCUT2D eigenvalue weighted by atomic mass is 10.1. The second kappa shape index (κ2) is 8.42. The van der Waals surface area contributed by atoms with E-state index in [4.69, 9.17) is 11.6 Å². The quantitative estimate of drug-likeness (QED) is 0.376. The Morgan fingerprint density at radius 3 is 2.23 bits per heavy atom. The Labute approximate surface area is 187 Å². The smallest absolute Gasteiger partial charge is 0.295 e. The van der Waals surface area contributed by atoms with Gasteiger partial charge in [0, 0.05) is 20.7 Å². The average Bonchev–Trinajstić information content (AvgIpc) is 3.17. The van der Waals surface area contributed by atoms with E-state index in [1.54, 1.807) is 16.8 Å². The lowest BCUT2D eigenvalue weighted by Crippen LogP contribution is -2.16. The largest absolute Gasteiger partial charge is 0.319 e. The van der Waals surface area contributed by atoms with Gasteiger partial charge in [-0.3, -0.25) is 4.79 Å². The van der Waals surface area contributed by atoms with Gasteiger partial charge in [0.1, 0.15) is 0 Å². The molecule has 0 spiro atoms. The number of para-hydroxylation sites is 1. The minimum atomic E-state index is -0.363. The summed E-state index contributed by atoms with van der Waals surface area (Å²) in [5.41, 5.74) is 4.33. The number of aromatic nitrogens is 3. The highest BCUT2D eigenvalue weighted by Gasteiger charge is 2.20. The van der Waals surface area contributed by atoms with Crippen molar-refractivity contribution in [2.45, 2.75) is 13.8 Å². The van der Waals surface area contributed by atoms with Crippen LogP contribution in [0.3, 0.4) is 0 Å². The van der Waals surface area contributed by atoms with E-state index in [1.165, 1.54) is 0 Å². The molecule has 150 valence electrons. The molecule has 3 aromatic carbocycles. The first-order valence-electron chi connectivity index (χ1n) is 9.29. The molecule has 1 amide bonds. The van der Waals surface area contributed by atoms with Crippen molar-refractivity contribution in [3.05, 3.63) is 93.2 Å². The second-order valence-electron chi connectivity index (χ2n) is 6.88. The number of rotatable bonds is 4. The molecule has 0 aliphatic carbocycles. The van der Waals surface area contributed by atoms with E-state index in [-0.39, 0.29) is 11.7 Å². The third kappa shape index (κ3) is 4.15. The van der Waals surface area contributed by atoms with Gasteiger partial charge in [0.2, 0.25) is 5.82 Å². The summed E-state index contributed by atoms with van der Waals surface area (Å²) in [6, 6.07) is 20.8. The standard InChI is InChI=1S/C23H18BrClN4O/c1-14-4-3-5-15(2)20(14)26-23(30)21-27-22(16-6-10-18(25)11-7-16)29(28-21)19-12-8-17(24)9-13-19/h3-13H,1-2H3,(H,26,30). The van der Waals surface area contributed by atoms with Crippen LogP contribution in [0.25, 0.3) is 17.1 Å². The normalized spacial score (nSPS) is 10.8. The molecule has 1 heterocycles. The van der Waals surface area contributed by atoms with Crippen LogP contribution in [-0.2, 0) is 0 Å². The Bertz CT molecular complexity index is 1130. The molecule has 0 fully saturated rings. The fourth-order valence-corrected chi connectivity index (χ4v) is 3.53. The zero-order valence-corrected chi connectivity index (χ0v) is 18.7. The molecule has 0 radical (unpaired) electrons. The zero-order chi connectivity index (χ0) is 21.3. The molecule has 1 aromatic heterocycles. The van der Waals surface area contributed by atoms with Gasteiger partial charge in [-0.1, -0.05) is 45.7 Å². The van der Waals surface area contributed by atoms with Crippen molar-refractivity contribution in [1.82, 2.24) is 14.8 Å². The molecule has 0 aliphatic rings. The first kappa shape index (κ1) is 20.3. The topological polar surface area (TPSA) is 59.8 Å². The Morgan fingerprint density at radius 1 is 0.967 bits per heavy atom. The molecule has 5 nitrogen and oxygen atoms in total. The Morgan fingerprint density at radius 2 is 1.60 bits per heavy atom. The van der Waals surface area contributed by atoms with Gasteiger partial charge in [-0.15, -0.1) is 5.10 Å². The van der Waals surface area contributed by atoms with Gasteiger partial charge in [0.05, 0.1) is 5.69 Å². The lowest BCUT2D eigenvalue weighted by molar-refractivity contribution is 0.101. The number of aryl methyl sites for hydroxylation is 2. The summed E-state index contributed by atoms with van der Waals surface area (Å²) in [6.07, 6.45) is 0. The summed E-state index contributed by atoms with van der Waals surface area (Å²) in [7, 11) is 0. The predicted octanol–water partition coefficient (Wildman–Crippen LogP) is 6.22. The highest BCUT2D eigenvalue weighted by Crippen LogP contribution is 2.25. The Kier molecular flexibility index (Phi) is 5.70. The number of nitrogens with one attached hydrogen (secondary N) is 1. The zero-order valence-electron chi connectivity index (χ0n) is 16.4. The molecule has 4 rings (SSSR count). The number of halogens is 2. The van der Waals surface area contributed by atoms with E-state index in [0.717, 1.165) is 32.5 Å². The summed E-state index contributed by atoms with van der Waals surface area (Å²) >= 11 is 9.48. The van der Waals surface area contributed by atoms with Crippen molar-refractivity contribution >= 4 is 39.1 Å². The van der Waals surface area contributed by atoms with Gasteiger partial charge in [-0.05, 0) is 73.5 Å². The minimum absolute atomic E-state index is 0.0884. The van der Waals surface area contributed by atoms with E-state index in [2.05, 4.69) is 31.3 Å². The van der Waals surface area contributed by atoms with Gasteiger partial charge in [-0.2, -0.15) is 0 Å². The van der Waals surface area contributed by atoms with E-state index < -0.39 is 0 Å². The number of amides is 1. The van der Waals surface area contributed by atoms with Crippen molar-refractivity contribution in [3.63, 3.8) is 0 Å². The highest BCUT2D eigenvalue weighted by molar-refractivity contribution is 9.10. The monoisotopic (exact) mass is 480 g/mol. The predicted molar refractivity (Wildman–Crippen MR) is 123 cm³/mol. The molecule has 0 aliphatic heterocycles. The molecule has 1 N–H and O–H groups in total. The van der Waals surface area contributed by atoms with Gasteiger partial charge in [0.25, 0.3) is 5.91 Å².